The van der Waals surface area contributed by atoms with Crippen molar-refractivity contribution in [1.29, 1.82) is 0 Å². The molecular formula is C21H26N2O3. The number of pyridine rings is 1. The molecule has 0 radical (unpaired) electrons. The molecule has 5 heteroatoms. The molecule has 1 aromatic heterocycles. The number of hydrogen-bond acceptors (Lipinski definition) is 4. The Morgan fingerprint density at radius 2 is 1.85 bits per heavy atom. The normalized spacial score (nSPS) is 10.4. The van der Waals surface area contributed by atoms with E-state index in [4.69, 9.17) is 4.74 Å². The van der Waals surface area contributed by atoms with Crippen LogP contribution in [0.1, 0.15) is 55.5 Å². The zero-order valence-electron chi connectivity index (χ0n) is 15.5. The highest BCUT2D eigenvalue weighted by Crippen LogP contribution is 2.20. The van der Waals surface area contributed by atoms with E-state index in [-0.39, 0.29) is 11.9 Å². The SMILES string of the molecule is CCCCCC(=O)N(Cc1cccnc1)c1ccc(C(=O)OCC)cc1. The van der Waals surface area contributed by atoms with Gasteiger partial charge < -0.3 is 9.64 Å². The van der Waals surface area contributed by atoms with E-state index in [1.54, 1.807) is 48.5 Å². The van der Waals surface area contributed by atoms with Crippen molar-refractivity contribution in [1.82, 2.24) is 4.98 Å². The molecule has 138 valence electrons. The van der Waals surface area contributed by atoms with E-state index in [9.17, 15) is 9.59 Å². The Bertz CT molecular complexity index is 699. The zero-order chi connectivity index (χ0) is 18.8. The molecule has 0 aliphatic carbocycles. The average Bonchev–Trinajstić information content (AvgIpc) is 2.67. The van der Waals surface area contributed by atoms with E-state index in [1.165, 1.54) is 0 Å². The number of ether oxygens (including phenoxy) is 1. The second-order valence-electron chi connectivity index (χ2n) is 6.07. The van der Waals surface area contributed by atoms with Gasteiger partial charge in [0.1, 0.15) is 0 Å². The summed E-state index contributed by atoms with van der Waals surface area (Å²) < 4.78 is 5.01. The lowest BCUT2D eigenvalue weighted by molar-refractivity contribution is -0.118. The first kappa shape index (κ1) is 19.6. The highest BCUT2D eigenvalue weighted by molar-refractivity contribution is 5.94. The van der Waals surface area contributed by atoms with Crippen molar-refractivity contribution in [3.8, 4) is 0 Å². The van der Waals surface area contributed by atoms with Crippen molar-refractivity contribution in [2.24, 2.45) is 0 Å². The summed E-state index contributed by atoms with van der Waals surface area (Å²) in [6.45, 7) is 4.68. The van der Waals surface area contributed by atoms with E-state index >= 15 is 0 Å². The summed E-state index contributed by atoms with van der Waals surface area (Å²) in [6, 6.07) is 10.8. The number of carbonyl (C=O) groups excluding carboxylic acids is 2. The first-order valence-electron chi connectivity index (χ1n) is 9.12. The van der Waals surface area contributed by atoms with Gasteiger partial charge in [-0.2, -0.15) is 0 Å². The molecule has 0 bridgehead atoms. The van der Waals surface area contributed by atoms with Crippen LogP contribution in [0.4, 0.5) is 5.69 Å². The van der Waals surface area contributed by atoms with Gasteiger partial charge in [-0.15, -0.1) is 0 Å². The van der Waals surface area contributed by atoms with Crippen LogP contribution in [-0.4, -0.2) is 23.5 Å². The number of unbranched alkanes of at least 4 members (excludes halogenated alkanes) is 2. The van der Waals surface area contributed by atoms with Crippen LogP contribution >= 0.6 is 0 Å². The van der Waals surface area contributed by atoms with Crippen LogP contribution in [0.2, 0.25) is 0 Å². The number of hydrogen-bond donors (Lipinski definition) is 0. The molecule has 0 spiro atoms. The van der Waals surface area contributed by atoms with Gasteiger partial charge in [-0.1, -0.05) is 25.8 Å². The monoisotopic (exact) mass is 354 g/mol. The predicted octanol–water partition coefficient (Wildman–Crippen LogP) is 4.37. The van der Waals surface area contributed by atoms with Crippen LogP contribution in [0, 0.1) is 0 Å². The zero-order valence-corrected chi connectivity index (χ0v) is 15.5. The lowest BCUT2D eigenvalue weighted by Crippen LogP contribution is -2.30. The number of benzene rings is 1. The number of esters is 1. The van der Waals surface area contributed by atoms with Gasteiger partial charge in [0.15, 0.2) is 0 Å². The van der Waals surface area contributed by atoms with E-state index in [1.807, 2.05) is 12.1 Å². The van der Waals surface area contributed by atoms with Crippen molar-refractivity contribution in [3.05, 3.63) is 59.9 Å². The molecule has 0 unspecified atom stereocenters. The van der Waals surface area contributed by atoms with Gasteiger partial charge in [0, 0.05) is 24.5 Å². The number of anilines is 1. The van der Waals surface area contributed by atoms with Crippen molar-refractivity contribution in [2.75, 3.05) is 11.5 Å². The van der Waals surface area contributed by atoms with Crippen LogP contribution in [0.3, 0.4) is 0 Å². The molecule has 26 heavy (non-hydrogen) atoms. The van der Waals surface area contributed by atoms with Crippen LogP contribution in [0.15, 0.2) is 48.8 Å². The minimum Gasteiger partial charge on any atom is -0.462 e. The van der Waals surface area contributed by atoms with E-state index in [0.29, 0.717) is 25.1 Å². The molecular weight excluding hydrogens is 328 g/mol. The summed E-state index contributed by atoms with van der Waals surface area (Å²) in [5, 5.41) is 0. The lowest BCUT2D eigenvalue weighted by Gasteiger charge is -2.23. The van der Waals surface area contributed by atoms with Crippen LogP contribution in [-0.2, 0) is 16.1 Å². The van der Waals surface area contributed by atoms with Crippen LogP contribution < -0.4 is 4.90 Å². The third-order valence-corrected chi connectivity index (χ3v) is 4.05. The predicted molar refractivity (Wildman–Crippen MR) is 102 cm³/mol. The summed E-state index contributed by atoms with van der Waals surface area (Å²) in [4.78, 5) is 30.4. The topological polar surface area (TPSA) is 59.5 Å². The van der Waals surface area contributed by atoms with Gasteiger partial charge in [0.25, 0.3) is 0 Å². The number of aromatic nitrogens is 1. The van der Waals surface area contributed by atoms with Crippen molar-refractivity contribution in [3.63, 3.8) is 0 Å². The first-order valence-corrected chi connectivity index (χ1v) is 9.12. The molecule has 2 rings (SSSR count). The Morgan fingerprint density at radius 3 is 2.46 bits per heavy atom. The summed E-state index contributed by atoms with van der Waals surface area (Å²) in [6.07, 6.45) is 6.97. The van der Waals surface area contributed by atoms with Gasteiger partial charge in [0.2, 0.25) is 5.91 Å². The highest BCUT2D eigenvalue weighted by atomic mass is 16.5. The average molecular weight is 354 g/mol. The van der Waals surface area contributed by atoms with Crippen molar-refractivity contribution in [2.45, 2.75) is 46.1 Å². The summed E-state index contributed by atoms with van der Waals surface area (Å²) in [7, 11) is 0. The lowest BCUT2D eigenvalue weighted by atomic mass is 10.1. The molecule has 0 atom stereocenters. The maximum Gasteiger partial charge on any atom is 0.338 e. The van der Waals surface area contributed by atoms with Gasteiger partial charge in [-0.05, 0) is 49.2 Å². The smallest absolute Gasteiger partial charge is 0.338 e. The van der Waals surface area contributed by atoms with Crippen molar-refractivity contribution < 1.29 is 14.3 Å². The molecule has 0 saturated heterocycles. The summed E-state index contributed by atoms with van der Waals surface area (Å²) in [5.41, 5.74) is 2.21. The second-order valence-corrected chi connectivity index (χ2v) is 6.07. The Hall–Kier alpha value is -2.69. The number of nitrogens with zero attached hydrogens (tertiary/aromatic N) is 2. The van der Waals surface area contributed by atoms with E-state index in [0.717, 1.165) is 30.5 Å². The third-order valence-electron chi connectivity index (χ3n) is 4.05. The van der Waals surface area contributed by atoms with Crippen LogP contribution in [0.25, 0.3) is 0 Å². The minimum absolute atomic E-state index is 0.0752. The van der Waals surface area contributed by atoms with Crippen LogP contribution in [0.5, 0.6) is 0 Å². The molecule has 1 heterocycles. The fourth-order valence-corrected chi connectivity index (χ4v) is 2.65. The largest absolute Gasteiger partial charge is 0.462 e. The number of carbonyl (C=O) groups is 2. The molecule has 0 aliphatic heterocycles. The number of rotatable bonds is 9. The molecule has 1 aromatic carbocycles. The third kappa shape index (κ3) is 5.69. The van der Waals surface area contributed by atoms with Gasteiger partial charge in [0.05, 0.1) is 18.7 Å². The van der Waals surface area contributed by atoms with E-state index in [2.05, 4.69) is 11.9 Å². The summed E-state index contributed by atoms with van der Waals surface area (Å²) >= 11 is 0. The molecule has 0 aliphatic rings. The second kappa shape index (κ2) is 10.3. The quantitative estimate of drug-likeness (QED) is 0.495. The fourth-order valence-electron chi connectivity index (χ4n) is 2.65. The Kier molecular flexibility index (Phi) is 7.80. The molecule has 2 aromatic rings. The van der Waals surface area contributed by atoms with E-state index < -0.39 is 0 Å². The molecule has 0 saturated carbocycles. The summed E-state index contributed by atoms with van der Waals surface area (Å²) in [5.74, 6) is -0.279. The standard InChI is InChI=1S/C21H26N2O3/c1-3-5-6-9-20(24)23(16-17-8-7-14-22-15-17)19-12-10-18(11-13-19)21(25)26-4-2/h7-8,10-15H,3-6,9,16H2,1-2H3. The Labute approximate surface area is 155 Å². The first-order chi connectivity index (χ1) is 12.7. The maximum absolute atomic E-state index is 12.8. The molecule has 0 N–H and O–H groups in total. The molecule has 5 nitrogen and oxygen atoms in total. The molecule has 0 fully saturated rings. The highest BCUT2D eigenvalue weighted by Gasteiger charge is 2.17. The Morgan fingerprint density at radius 1 is 1.08 bits per heavy atom. The Balaban J connectivity index is 2.19. The van der Waals surface area contributed by atoms with Gasteiger partial charge >= 0.3 is 5.97 Å². The minimum atomic E-state index is -0.355. The number of amides is 1. The van der Waals surface area contributed by atoms with Gasteiger partial charge in [-0.3, -0.25) is 9.78 Å². The fraction of sp³-hybridized carbons (Fsp3) is 0.381. The maximum atomic E-state index is 12.8. The van der Waals surface area contributed by atoms with Crippen molar-refractivity contribution >= 4 is 17.6 Å². The van der Waals surface area contributed by atoms with Gasteiger partial charge in [-0.25, -0.2) is 4.79 Å². The molecule has 1 amide bonds.